The van der Waals surface area contributed by atoms with Gasteiger partial charge in [-0.1, -0.05) is 0 Å². The molecule has 4 nitrogen and oxygen atoms in total. The molecule has 0 radical (unpaired) electrons. The standard InChI is InChI=1S/C5H9NOS.C2H4O2/c7-5-1-3-8-4-2-6-5;1-4-2-3/h1-4H2,(H,6,7);2H,1H3. The van der Waals surface area contributed by atoms with Crippen LogP contribution in [0.1, 0.15) is 6.42 Å². The van der Waals surface area contributed by atoms with Gasteiger partial charge in [-0.2, -0.15) is 11.8 Å². The van der Waals surface area contributed by atoms with Gasteiger partial charge < -0.3 is 10.1 Å². The van der Waals surface area contributed by atoms with E-state index in [4.69, 9.17) is 4.79 Å². The third kappa shape index (κ3) is 7.40. The first kappa shape index (κ1) is 11.3. The van der Waals surface area contributed by atoms with E-state index in [1.54, 1.807) is 0 Å². The van der Waals surface area contributed by atoms with E-state index in [0.29, 0.717) is 12.9 Å². The molecule has 0 aliphatic carbocycles. The van der Waals surface area contributed by atoms with Gasteiger partial charge in [-0.25, -0.2) is 0 Å². The summed E-state index contributed by atoms with van der Waals surface area (Å²) in [6, 6.07) is 0. The minimum absolute atomic E-state index is 0.204. The van der Waals surface area contributed by atoms with Gasteiger partial charge >= 0.3 is 0 Å². The van der Waals surface area contributed by atoms with E-state index in [1.807, 2.05) is 11.8 Å². The van der Waals surface area contributed by atoms with Gasteiger partial charge in [0.1, 0.15) is 0 Å². The molecule has 5 heteroatoms. The largest absolute Gasteiger partial charge is 0.471 e. The number of hydrogen-bond acceptors (Lipinski definition) is 4. The molecule has 0 aromatic rings. The number of rotatable bonds is 1. The number of ether oxygens (including phenoxy) is 1. The third-order valence-corrected chi connectivity index (χ3v) is 2.12. The van der Waals surface area contributed by atoms with E-state index in [0.717, 1.165) is 18.1 Å². The Morgan fingerprint density at radius 3 is 2.83 bits per heavy atom. The Balaban J connectivity index is 0.000000261. The molecule has 0 aromatic carbocycles. The van der Waals surface area contributed by atoms with Crippen LogP contribution in [0.25, 0.3) is 0 Å². The number of amides is 1. The second-order valence-corrected chi connectivity index (χ2v) is 3.27. The maximum Gasteiger partial charge on any atom is 0.292 e. The number of nitrogens with one attached hydrogen (secondary N) is 1. The zero-order valence-corrected chi connectivity index (χ0v) is 7.86. The second-order valence-electron chi connectivity index (χ2n) is 2.04. The molecule has 0 atom stereocenters. The van der Waals surface area contributed by atoms with Gasteiger partial charge in [-0.3, -0.25) is 9.59 Å². The zero-order valence-electron chi connectivity index (χ0n) is 7.04. The lowest BCUT2D eigenvalue weighted by atomic mass is 10.4. The Kier molecular flexibility index (Phi) is 7.89. The van der Waals surface area contributed by atoms with Gasteiger partial charge in [0.05, 0.1) is 7.11 Å². The molecule has 1 N–H and O–H groups in total. The summed E-state index contributed by atoms with van der Waals surface area (Å²) in [5, 5.41) is 2.78. The Labute approximate surface area is 76.0 Å². The smallest absolute Gasteiger partial charge is 0.292 e. The van der Waals surface area contributed by atoms with Crippen molar-refractivity contribution in [2.24, 2.45) is 0 Å². The van der Waals surface area contributed by atoms with Crippen molar-refractivity contribution in [2.45, 2.75) is 6.42 Å². The summed E-state index contributed by atoms with van der Waals surface area (Å²) in [5.74, 6) is 2.27. The van der Waals surface area contributed by atoms with Crippen molar-refractivity contribution in [3.05, 3.63) is 0 Å². The number of carbonyl (C=O) groups excluding carboxylic acids is 2. The fourth-order valence-electron chi connectivity index (χ4n) is 0.618. The second kappa shape index (κ2) is 8.39. The predicted molar refractivity (Wildman–Crippen MR) is 48.0 cm³/mol. The van der Waals surface area contributed by atoms with Gasteiger partial charge in [-0.15, -0.1) is 0 Å². The molecular weight excluding hydrogens is 178 g/mol. The topological polar surface area (TPSA) is 55.4 Å². The van der Waals surface area contributed by atoms with E-state index < -0.39 is 0 Å². The Hall–Kier alpha value is -0.710. The van der Waals surface area contributed by atoms with Crippen LogP contribution in [0.3, 0.4) is 0 Å². The minimum atomic E-state index is 0.204. The fourth-order valence-corrected chi connectivity index (χ4v) is 1.40. The molecule has 0 spiro atoms. The summed E-state index contributed by atoms with van der Waals surface area (Å²) < 4.78 is 3.86. The fraction of sp³-hybridized carbons (Fsp3) is 0.714. The summed E-state index contributed by atoms with van der Waals surface area (Å²) in [6.07, 6.45) is 0.699. The minimum Gasteiger partial charge on any atom is -0.471 e. The van der Waals surface area contributed by atoms with Crippen LogP contribution in [-0.4, -0.2) is 37.5 Å². The predicted octanol–water partition coefficient (Wildman–Crippen LogP) is 0.0287. The van der Waals surface area contributed by atoms with E-state index in [9.17, 15) is 4.79 Å². The van der Waals surface area contributed by atoms with Crippen molar-refractivity contribution in [1.29, 1.82) is 0 Å². The lowest BCUT2D eigenvalue weighted by Gasteiger charge is -1.93. The average Bonchev–Trinajstić information content (AvgIpc) is 2.33. The summed E-state index contributed by atoms with van der Waals surface area (Å²) >= 11 is 1.84. The van der Waals surface area contributed by atoms with Crippen LogP contribution in [0.4, 0.5) is 0 Å². The maximum atomic E-state index is 10.6. The first-order valence-electron chi connectivity index (χ1n) is 3.62. The van der Waals surface area contributed by atoms with Gasteiger partial charge in [0.25, 0.3) is 6.47 Å². The van der Waals surface area contributed by atoms with Crippen molar-refractivity contribution >= 4 is 24.1 Å². The molecule has 0 saturated carbocycles. The first-order valence-corrected chi connectivity index (χ1v) is 4.77. The first-order chi connectivity index (χ1) is 5.81. The van der Waals surface area contributed by atoms with Gasteiger partial charge in [-0.05, 0) is 0 Å². The van der Waals surface area contributed by atoms with Crippen molar-refractivity contribution in [3.63, 3.8) is 0 Å². The van der Waals surface area contributed by atoms with Crippen LogP contribution in [0.2, 0.25) is 0 Å². The SMILES string of the molecule is COC=O.O=C1CCSCCN1. The van der Waals surface area contributed by atoms with Crippen molar-refractivity contribution in [2.75, 3.05) is 25.2 Å². The van der Waals surface area contributed by atoms with Crippen LogP contribution in [-0.2, 0) is 14.3 Å². The van der Waals surface area contributed by atoms with Crippen LogP contribution in [0, 0.1) is 0 Å². The Morgan fingerprint density at radius 1 is 1.58 bits per heavy atom. The van der Waals surface area contributed by atoms with Gasteiger partial charge in [0, 0.05) is 24.5 Å². The third-order valence-electron chi connectivity index (χ3n) is 1.14. The Bertz CT molecular complexity index is 131. The van der Waals surface area contributed by atoms with Crippen molar-refractivity contribution in [3.8, 4) is 0 Å². The van der Waals surface area contributed by atoms with Crippen LogP contribution >= 0.6 is 11.8 Å². The van der Waals surface area contributed by atoms with Gasteiger partial charge in [0.15, 0.2) is 0 Å². The highest BCUT2D eigenvalue weighted by atomic mass is 32.2. The summed E-state index contributed by atoms with van der Waals surface area (Å²) in [7, 11) is 1.31. The molecule has 1 rings (SSSR count). The molecule has 0 bridgehead atoms. The highest BCUT2D eigenvalue weighted by Gasteiger charge is 2.03. The quantitative estimate of drug-likeness (QED) is 0.594. The highest BCUT2D eigenvalue weighted by molar-refractivity contribution is 7.99. The molecule has 1 fully saturated rings. The molecular formula is C7H13NO3S. The number of carbonyl (C=O) groups is 2. The molecule has 70 valence electrons. The molecule has 1 amide bonds. The summed E-state index contributed by atoms with van der Waals surface area (Å²) in [6.45, 7) is 1.23. The lowest BCUT2D eigenvalue weighted by molar-refractivity contribution is -0.126. The van der Waals surface area contributed by atoms with E-state index in [2.05, 4.69) is 10.1 Å². The average molecular weight is 191 g/mol. The highest BCUT2D eigenvalue weighted by Crippen LogP contribution is 2.03. The van der Waals surface area contributed by atoms with Gasteiger partial charge in [0.2, 0.25) is 5.91 Å². The number of hydrogen-bond donors (Lipinski definition) is 1. The molecule has 1 saturated heterocycles. The molecule has 1 aliphatic heterocycles. The van der Waals surface area contributed by atoms with E-state index >= 15 is 0 Å². The zero-order chi connectivity index (χ0) is 9.23. The normalized spacial score (nSPS) is 16.2. The summed E-state index contributed by atoms with van der Waals surface area (Å²) in [4.78, 5) is 19.5. The van der Waals surface area contributed by atoms with E-state index in [1.165, 1.54) is 7.11 Å². The lowest BCUT2D eigenvalue weighted by Crippen LogP contribution is -2.22. The van der Waals surface area contributed by atoms with Crippen molar-refractivity contribution in [1.82, 2.24) is 5.32 Å². The van der Waals surface area contributed by atoms with Crippen LogP contribution in [0.5, 0.6) is 0 Å². The maximum absolute atomic E-state index is 10.6. The molecule has 1 heterocycles. The monoisotopic (exact) mass is 191 g/mol. The summed E-state index contributed by atoms with van der Waals surface area (Å²) in [5.41, 5.74) is 0. The van der Waals surface area contributed by atoms with Crippen LogP contribution < -0.4 is 5.32 Å². The molecule has 12 heavy (non-hydrogen) atoms. The molecule has 0 unspecified atom stereocenters. The van der Waals surface area contributed by atoms with Crippen LogP contribution in [0.15, 0.2) is 0 Å². The van der Waals surface area contributed by atoms with Crippen molar-refractivity contribution < 1.29 is 14.3 Å². The molecule has 0 aromatic heterocycles. The Morgan fingerprint density at radius 2 is 2.25 bits per heavy atom. The van der Waals surface area contributed by atoms with E-state index in [-0.39, 0.29) is 5.91 Å². The number of thioether (sulfide) groups is 1. The number of methoxy groups -OCH3 is 1. The molecule has 1 aliphatic rings.